The highest BCUT2D eigenvalue weighted by atomic mass is 14.3. The van der Waals surface area contributed by atoms with E-state index in [1.807, 2.05) is 0 Å². The molecule has 0 radical (unpaired) electrons. The first-order valence-electron chi connectivity index (χ1n) is 5.67. The minimum Gasteiger partial charge on any atom is -0.0914 e. The van der Waals surface area contributed by atoms with Crippen LogP contribution in [0.4, 0.5) is 0 Å². The molecule has 0 aliphatic heterocycles. The predicted octanol–water partition coefficient (Wildman–Crippen LogP) is 4.42. The van der Waals surface area contributed by atoms with Gasteiger partial charge in [-0.15, -0.1) is 0 Å². The van der Waals surface area contributed by atoms with E-state index in [-0.39, 0.29) is 0 Å². The van der Waals surface area contributed by atoms with Crippen molar-refractivity contribution >= 4 is 0 Å². The lowest BCUT2D eigenvalue weighted by molar-refractivity contribution is 0.163. The summed E-state index contributed by atoms with van der Waals surface area (Å²) in [6, 6.07) is 0. The minimum atomic E-state index is 0.529. The fourth-order valence-electron chi connectivity index (χ4n) is 2.45. The van der Waals surface area contributed by atoms with Crippen molar-refractivity contribution in [1.82, 2.24) is 0 Å². The molecule has 0 spiro atoms. The Hall–Kier alpha value is -0.260. The third-order valence-corrected chi connectivity index (χ3v) is 3.46. The van der Waals surface area contributed by atoms with Crippen LogP contribution < -0.4 is 0 Å². The van der Waals surface area contributed by atoms with Gasteiger partial charge in [-0.05, 0) is 49.9 Å². The van der Waals surface area contributed by atoms with E-state index in [9.17, 15) is 0 Å². The van der Waals surface area contributed by atoms with Gasteiger partial charge in [-0.25, -0.2) is 0 Å². The van der Waals surface area contributed by atoms with Crippen molar-refractivity contribution in [3.63, 3.8) is 0 Å². The minimum absolute atomic E-state index is 0.529. The third-order valence-electron chi connectivity index (χ3n) is 3.46. The van der Waals surface area contributed by atoms with Gasteiger partial charge in [0.25, 0.3) is 0 Å². The summed E-state index contributed by atoms with van der Waals surface area (Å²) < 4.78 is 0. The molecule has 0 nitrogen and oxygen atoms in total. The normalized spacial score (nSPS) is 31.1. The topological polar surface area (TPSA) is 0 Å². The van der Waals surface area contributed by atoms with E-state index in [1.54, 1.807) is 0 Å². The van der Waals surface area contributed by atoms with Crippen molar-refractivity contribution in [3.05, 3.63) is 12.2 Å². The molecule has 0 unspecified atom stereocenters. The summed E-state index contributed by atoms with van der Waals surface area (Å²) in [5.74, 6) is 1.83. The smallest absolute Gasteiger partial charge is 0.0233 e. The highest BCUT2D eigenvalue weighted by Gasteiger charge is 2.28. The molecule has 0 aromatic carbocycles. The Bertz CT molecular complexity index is 163. The van der Waals surface area contributed by atoms with E-state index in [1.165, 1.54) is 25.7 Å². The van der Waals surface area contributed by atoms with Gasteiger partial charge in [0.1, 0.15) is 0 Å². The van der Waals surface area contributed by atoms with Crippen molar-refractivity contribution in [2.24, 2.45) is 17.3 Å². The van der Waals surface area contributed by atoms with Crippen LogP contribution in [0.1, 0.15) is 53.4 Å². The maximum atomic E-state index is 2.39. The zero-order valence-electron chi connectivity index (χ0n) is 9.64. The molecule has 1 saturated carbocycles. The van der Waals surface area contributed by atoms with Crippen molar-refractivity contribution in [2.45, 2.75) is 53.4 Å². The standard InChI is InChI=1S/C13H24/c1-5-6-11-7-9-12(10-8-11)13(2,3)4/h5-6,11-12H,7-10H2,1-4H3. The molecule has 1 fully saturated rings. The van der Waals surface area contributed by atoms with Crippen molar-refractivity contribution < 1.29 is 0 Å². The average molecular weight is 180 g/mol. The SMILES string of the molecule is CC=CC1CCC(C(C)(C)C)CC1. The Labute approximate surface area is 83.4 Å². The molecular formula is C13H24. The summed E-state index contributed by atoms with van der Waals surface area (Å²) >= 11 is 0. The molecule has 0 amide bonds. The first kappa shape index (κ1) is 10.8. The molecule has 13 heavy (non-hydrogen) atoms. The highest BCUT2D eigenvalue weighted by Crippen LogP contribution is 2.39. The fraction of sp³-hybridized carbons (Fsp3) is 0.846. The molecule has 1 rings (SSSR count). The molecule has 0 aromatic heterocycles. The van der Waals surface area contributed by atoms with Gasteiger partial charge in [0, 0.05) is 0 Å². The number of hydrogen-bond donors (Lipinski definition) is 0. The summed E-state index contributed by atoms with van der Waals surface area (Å²) in [6.07, 6.45) is 10.3. The summed E-state index contributed by atoms with van der Waals surface area (Å²) in [6.45, 7) is 9.28. The Morgan fingerprint density at radius 2 is 1.54 bits per heavy atom. The highest BCUT2D eigenvalue weighted by molar-refractivity contribution is 4.90. The summed E-state index contributed by atoms with van der Waals surface area (Å²) in [4.78, 5) is 0. The zero-order valence-corrected chi connectivity index (χ0v) is 9.64. The Balaban J connectivity index is 2.39. The van der Waals surface area contributed by atoms with Crippen LogP contribution in [0.15, 0.2) is 12.2 Å². The molecular weight excluding hydrogens is 156 g/mol. The quantitative estimate of drug-likeness (QED) is 0.524. The van der Waals surface area contributed by atoms with Crippen LogP contribution in [0.3, 0.4) is 0 Å². The van der Waals surface area contributed by atoms with Gasteiger partial charge in [-0.2, -0.15) is 0 Å². The summed E-state index contributed by atoms with van der Waals surface area (Å²) in [5, 5.41) is 0. The Kier molecular flexibility index (Phi) is 3.58. The van der Waals surface area contributed by atoms with Crippen LogP contribution >= 0.6 is 0 Å². The largest absolute Gasteiger partial charge is 0.0914 e. The number of allylic oxidation sites excluding steroid dienone is 2. The summed E-state index contributed by atoms with van der Waals surface area (Å²) in [7, 11) is 0. The maximum Gasteiger partial charge on any atom is -0.0233 e. The molecule has 0 saturated heterocycles. The zero-order chi connectivity index (χ0) is 9.90. The van der Waals surface area contributed by atoms with Gasteiger partial charge in [0.2, 0.25) is 0 Å². The summed E-state index contributed by atoms with van der Waals surface area (Å²) in [5.41, 5.74) is 0.529. The molecule has 0 atom stereocenters. The van der Waals surface area contributed by atoms with Gasteiger partial charge < -0.3 is 0 Å². The van der Waals surface area contributed by atoms with Crippen LogP contribution in [-0.2, 0) is 0 Å². The van der Waals surface area contributed by atoms with E-state index >= 15 is 0 Å². The van der Waals surface area contributed by atoms with Gasteiger partial charge in [-0.1, -0.05) is 32.9 Å². The second-order valence-electron chi connectivity index (χ2n) is 5.50. The van der Waals surface area contributed by atoms with E-state index in [0.29, 0.717) is 5.41 Å². The van der Waals surface area contributed by atoms with Crippen molar-refractivity contribution in [3.8, 4) is 0 Å². The molecule has 1 aliphatic rings. The number of rotatable bonds is 1. The molecule has 0 bridgehead atoms. The number of hydrogen-bond acceptors (Lipinski definition) is 0. The first-order valence-corrected chi connectivity index (χ1v) is 5.67. The van der Waals surface area contributed by atoms with Crippen LogP contribution in [0.25, 0.3) is 0 Å². The first-order chi connectivity index (χ1) is 6.04. The van der Waals surface area contributed by atoms with Crippen LogP contribution in [0.2, 0.25) is 0 Å². The van der Waals surface area contributed by atoms with E-state index in [0.717, 1.165) is 11.8 Å². The van der Waals surface area contributed by atoms with E-state index < -0.39 is 0 Å². The van der Waals surface area contributed by atoms with Crippen LogP contribution in [-0.4, -0.2) is 0 Å². The van der Waals surface area contributed by atoms with Crippen LogP contribution in [0.5, 0.6) is 0 Å². The van der Waals surface area contributed by atoms with Crippen molar-refractivity contribution in [1.29, 1.82) is 0 Å². The predicted molar refractivity (Wildman–Crippen MR) is 59.7 cm³/mol. The molecule has 0 N–H and O–H groups in total. The van der Waals surface area contributed by atoms with Gasteiger partial charge in [0.15, 0.2) is 0 Å². The van der Waals surface area contributed by atoms with E-state index in [4.69, 9.17) is 0 Å². The molecule has 0 heterocycles. The van der Waals surface area contributed by atoms with Crippen molar-refractivity contribution in [2.75, 3.05) is 0 Å². The molecule has 76 valence electrons. The lowest BCUT2D eigenvalue weighted by Crippen LogP contribution is -2.25. The average Bonchev–Trinajstić information content (AvgIpc) is 2.04. The molecule has 1 aliphatic carbocycles. The lowest BCUT2D eigenvalue weighted by Gasteiger charge is -2.36. The van der Waals surface area contributed by atoms with E-state index in [2.05, 4.69) is 39.8 Å². The third kappa shape index (κ3) is 3.17. The Morgan fingerprint density at radius 3 is 1.92 bits per heavy atom. The monoisotopic (exact) mass is 180 g/mol. The second kappa shape index (κ2) is 4.30. The fourth-order valence-corrected chi connectivity index (χ4v) is 2.45. The lowest BCUT2D eigenvalue weighted by atomic mass is 9.70. The van der Waals surface area contributed by atoms with Gasteiger partial charge in [-0.3, -0.25) is 0 Å². The maximum absolute atomic E-state index is 2.39. The molecule has 0 heteroatoms. The second-order valence-corrected chi connectivity index (χ2v) is 5.50. The van der Waals surface area contributed by atoms with Gasteiger partial charge in [0.05, 0.1) is 0 Å². The van der Waals surface area contributed by atoms with Crippen LogP contribution in [0, 0.1) is 17.3 Å². The van der Waals surface area contributed by atoms with Gasteiger partial charge >= 0.3 is 0 Å². The Morgan fingerprint density at radius 1 is 1.00 bits per heavy atom. The molecule has 0 aromatic rings.